The average molecular weight is 434 g/mol. The lowest BCUT2D eigenvalue weighted by Gasteiger charge is -2.43. The summed E-state index contributed by atoms with van der Waals surface area (Å²) >= 11 is 0. The van der Waals surface area contributed by atoms with E-state index in [2.05, 4.69) is 35.2 Å². The van der Waals surface area contributed by atoms with Gasteiger partial charge in [0.25, 0.3) is 0 Å². The molecule has 0 aromatic heterocycles. The van der Waals surface area contributed by atoms with Gasteiger partial charge in [-0.25, -0.2) is 0 Å². The number of fused-ring (bicyclic) bond motifs is 1. The first-order chi connectivity index (χ1) is 15.7. The molecule has 2 fully saturated rings. The number of hydrogen-bond acceptors (Lipinski definition) is 4. The fraction of sp³-hybridized carbons (Fsp3) is 0.536. The summed E-state index contributed by atoms with van der Waals surface area (Å²) in [4.78, 5) is 16.2. The molecule has 2 aromatic rings. The van der Waals surface area contributed by atoms with Gasteiger partial charge >= 0.3 is 0 Å². The van der Waals surface area contributed by atoms with Crippen LogP contribution in [0.5, 0.6) is 11.5 Å². The molecule has 0 radical (unpaired) electrons. The first-order valence-corrected chi connectivity index (χ1v) is 12.4. The van der Waals surface area contributed by atoms with Gasteiger partial charge in [-0.3, -0.25) is 9.69 Å². The zero-order chi connectivity index (χ0) is 22.0. The van der Waals surface area contributed by atoms with Gasteiger partial charge in [0.1, 0.15) is 17.0 Å². The smallest absolute Gasteiger partial charge is 0.160 e. The summed E-state index contributed by atoms with van der Waals surface area (Å²) in [6.45, 7) is 2.78. The topological polar surface area (TPSA) is 38.8 Å². The zero-order valence-corrected chi connectivity index (χ0v) is 19.3. The van der Waals surface area contributed by atoms with Crippen molar-refractivity contribution in [1.82, 2.24) is 4.90 Å². The molecule has 170 valence electrons. The van der Waals surface area contributed by atoms with E-state index in [1.165, 1.54) is 36.0 Å². The number of ether oxygens (including phenoxy) is 2. The predicted octanol–water partition coefficient (Wildman–Crippen LogP) is 5.31. The molecular formula is C28H35NO3. The second kappa shape index (κ2) is 9.27. The predicted molar refractivity (Wildman–Crippen MR) is 126 cm³/mol. The van der Waals surface area contributed by atoms with Crippen LogP contribution in [0, 0.1) is 5.92 Å². The number of carbonyl (C=O) groups excluding carboxylic acids is 1. The highest BCUT2D eigenvalue weighted by molar-refractivity contribution is 5.94. The van der Waals surface area contributed by atoms with Crippen LogP contribution in [0.1, 0.15) is 61.6 Å². The Morgan fingerprint density at radius 3 is 2.56 bits per heavy atom. The first kappa shape index (κ1) is 21.5. The van der Waals surface area contributed by atoms with Crippen molar-refractivity contribution in [2.75, 3.05) is 26.8 Å². The minimum absolute atomic E-state index is 0.275. The highest BCUT2D eigenvalue weighted by Gasteiger charge is 2.54. The van der Waals surface area contributed by atoms with Gasteiger partial charge in [-0.1, -0.05) is 30.7 Å². The van der Waals surface area contributed by atoms with E-state index in [0.717, 1.165) is 63.1 Å². The highest BCUT2D eigenvalue weighted by Crippen LogP contribution is 2.50. The summed E-state index contributed by atoms with van der Waals surface area (Å²) in [7, 11) is 1.69. The van der Waals surface area contributed by atoms with Gasteiger partial charge in [0, 0.05) is 5.92 Å². The van der Waals surface area contributed by atoms with Crippen LogP contribution >= 0.6 is 0 Å². The standard InChI is InChI=1S/C28H35NO3/c1-31-23-14-10-21(11-15-23)7-6-20-32-26-9-5-8-25-24(26)16-17-28(25,27(30)22-12-13-22)29-18-3-2-4-19-29/h5,8-11,14-15,22H,2-4,6-7,12-13,16-20H2,1H3. The number of rotatable bonds is 9. The van der Waals surface area contributed by atoms with Gasteiger partial charge < -0.3 is 9.47 Å². The van der Waals surface area contributed by atoms with E-state index < -0.39 is 5.54 Å². The lowest BCUT2D eigenvalue weighted by Crippen LogP contribution is -2.53. The molecule has 5 rings (SSSR count). The average Bonchev–Trinajstić information content (AvgIpc) is 3.62. The van der Waals surface area contributed by atoms with Crippen molar-refractivity contribution in [3.05, 3.63) is 59.2 Å². The summed E-state index contributed by atoms with van der Waals surface area (Å²) in [6.07, 6.45) is 9.66. The van der Waals surface area contributed by atoms with Crippen LogP contribution in [0.4, 0.5) is 0 Å². The Bertz CT molecular complexity index is 944. The van der Waals surface area contributed by atoms with Gasteiger partial charge in [-0.15, -0.1) is 0 Å². The van der Waals surface area contributed by atoms with E-state index >= 15 is 0 Å². The van der Waals surface area contributed by atoms with Crippen LogP contribution in [0.15, 0.2) is 42.5 Å². The number of likely N-dealkylation sites (tertiary alicyclic amines) is 1. The maximum atomic E-state index is 13.7. The summed E-state index contributed by atoms with van der Waals surface area (Å²) in [5, 5.41) is 0. The molecule has 0 N–H and O–H groups in total. The molecule has 32 heavy (non-hydrogen) atoms. The Morgan fingerprint density at radius 1 is 1.06 bits per heavy atom. The number of Topliss-reactive ketones (excluding diaryl/α,β-unsaturated/α-hetero) is 1. The number of piperidine rings is 1. The molecule has 1 saturated heterocycles. The fourth-order valence-corrected chi connectivity index (χ4v) is 5.74. The van der Waals surface area contributed by atoms with E-state index in [4.69, 9.17) is 9.47 Å². The molecule has 1 saturated carbocycles. The Morgan fingerprint density at radius 2 is 1.84 bits per heavy atom. The minimum atomic E-state index is -0.403. The van der Waals surface area contributed by atoms with Crippen LogP contribution in [0.25, 0.3) is 0 Å². The van der Waals surface area contributed by atoms with E-state index in [1.807, 2.05) is 12.1 Å². The monoisotopic (exact) mass is 433 g/mol. The fourth-order valence-electron chi connectivity index (χ4n) is 5.74. The molecule has 3 aliphatic rings. The number of carbonyl (C=O) groups is 1. The molecule has 1 heterocycles. The Kier molecular flexibility index (Phi) is 6.23. The maximum absolute atomic E-state index is 13.7. The van der Waals surface area contributed by atoms with E-state index in [1.54, 1.807) is 7.11 Å². The second-order valence-corrected chi connectivity index (χ2v) is 9.63. The molecule has 0 spiro atoms. The SMILES string of the molecule is COc1ccc(CCCOc2cccc3c2CCC3(C(=O)C2CC2)N2CCCCC2)cc1. The molecule has 2 aliphatic carbocycles. The van der Waals surface area contributed by atoms with Crippen molar-refractivity contribution in [2.24, 2.45) is 5.92 Å². The minimum Gasteiger partial charge on any atom is -0.497 e. The Balaban J connectivity index is 1.30. The largest absolute Gasteiger partial charge is 0.497 e. The van der Waals surface area contributed by atoms with Crippen LogP contribution in [0.3, 0.4) is 0 Å². The summed E-state index contributed by atoms with van der Waals surface area (Å²) < 4.78 is 11.5. The number of benzene rings is 2. The number of aryl methyl sites for hydroxylation is 1. The maximum Gasteiger partial charge on any atom is 0.160 e. The Labute approximate surface area is 191 Å². The molecule has 4 heteroatoms. The van der Waals surface area contributed by atoms with Crippen LogP contribution in [-0.4, -0.2) is 37.5 Å². The number of ketones is 1. The molecule has 1 aliphatic heterocycles. The molecular weight excluding hydrogens is 398 g/mol. The van der Waals surface area contributed by atoms with Crippen LogP contribution < -0.4 is 9.47 Å². The van der Waals surface area contributed by atoms with Crippen LogP contribution in [0.2, 0.25) is 0 Å². The molecule has 2 aromatic carbocycles. The first-order valence-electron chi connectivity index (χ1n) is 12.4. The number of hydrogen-bond donors (Lipinski definition) is 0. The third-order valence-corrected chi connectivity index (χ3v) is 7.59. The molecule has 1 atom stereocenters. The molecule has 0 bridgehead atoms. The van der Waals surface area contributed by atoms with Gasteiger partial charge in [-0.05, 0) is 99.3 Å². The van der Waals surface area contributed by atoms with E-state index in [9.17, 15) is 4.79 Å². The number of methoxy groups -OCH3 is 1. The third kappa shape index (κ3) is 4.05. The van der Waals surface area contributed by atoms with E-state index in [-0.39, 0.29) is 5.92 Å². The molecule has 1 unspecified atom stereocenters. The van der Waals surface area contributed by atoms with Gasteiger partial charge in [0.05, 0.1) is 13.7 Å². The number of nitrogens with zero attached hydrogens (tertiary/aromatic N) is 1. The van der Waals surface area contributed by atoms with Crippen molar-refractivity contribution < 1.29 is 14.3 Å². The van der Waals surface area contributed by atoms with Crippen molar-refractivity contribution in [2.45, 2.75) is 63.3 Å². The van der Waals surface area contributed by atoms with Crippen molar-refractivity contribution in [3.8, 4) is 11.5 Å². The molecule has 4 nitrogen and oxygen atoms in total. The van der Waals surface area contributed by atoms with Gasteiger partial charge in [-0.2, -0.15) is 0 Å². The summed E-state index contributed by atoms with van der Waals surface area (Å²) in [6, 6.07) is 14.7. The summed E-state index contributed by atoms with van der Waals surface area (Å²) in [5.41, 5.74) is 3.41. The van der Waals surface area contributed by atoms with Gasteiger partial charge in [0.2, 0.25) is 0 Å². The van der Waals surface area contributed by atoms with Gasteiger partial charge in [0.15, 0.2) is 5.78 Å². The van der Waals surface area contributed by atoms with Crippen LogP contribution in [-0.2, 0) is 23.2 Å². The third-order valence-electron chi connectivity index (χ3n) is 7.59. The lowest BCUT2D eigenvalue weighted by atomic mass is 9.81. The van der Waals surface area contributed by atoms with Crippen molar-refractivity contribution in [1.29, 1.82) is 0 Å². The Hall–Kier alpha value is -2.33. The van der Waals surface area contributed by atoms with E-state index in [0.29, 0.717) is 12.4 Å². The molecule has 0 amide bonds. The highest BCUT2D eigenvalue weighted by atomic mass is 16.5. The van der Waals surface area contributed by atoms with Crippen molar-refractivity contribution in [3.63, 3.8) is 0 Å². The van der Waals surface area contributed by atoms with Crippen molar-refractivity contribution >= 4 is 5.78 Å². The second-order valence-electron chi connectivity index (χ2n) is 9.63. The zero-order valence-electron chi connectivity index (χ0n) is 19.3. The normalized spacial score (nSPS) is 23.0. The summed E-state index contributed by atoms with van der Waals surface area (Å²) in [5.74, 6) is 2.63. The quantitative estimate of drug-likeness (QED) is 0.502. The lowest BCUT2D eigenvalue weighted by molar-refractivity contribution is -0.134.